The van der Waals surface area contributed by atoms with E-state index >= 15 is 0 Å². The topological polar surface area (TPSA) is 34.1 Å². The Morgan fingerprint density at radius 3 is 2.39 bits per heavy atom. The third-order valence-electron chi connectivity index (χ3n) is 3.00. The third-order valence-corrected chi connectivity index (χ3v) is 6.34. The van der Waals surface area contributed by atoms with Gasteiger partial charge in [-0.2, -0.15) is 0 Å². The Hall–Kier alpha value is -0.0600. The van der Waals surface area contributed by atoms with Crippen molar-refractivity contribution in [3.63, 3.8) is 0 Å². The first-order valence-electron chi connectivity index (χ1n) is 5.90. The summed E-state index contributed by atoms with van der Waals surface area (Å²) >= 11 is 9.45. The van der Waals surface area contributed by atoms with Crippen LogP contribution in [0.4, 0.5) is 0 Å². The van der Waals surface area contributed by atoms with Gasteiger partial charge in [-0.15, -0.1) is 11.6 Å². The van der Waals surface area contributed by atoms with Crippen LogP contribution in [0.3, 0.4) is 0 Å². The molecule has 0 N–H and O–H groups in total. The van der Waals surface area contributed by atoms with Crippen molar-refractivity contribution >= 4 is 37.4 Å². The summed E-state index contributed by atoms with van der Waals surface area (Å²) in [4.78, 5) is 0. The second kappa shape index (κ2) is 6.92. The van der Waals surface area contributed by atoms with Gasteiger partial charge in [-0.3, -0.25) is 0 Å². The molecule has 0 saturated heterocycles. The van der Waals surface area contributed by atoms with E-state index in [4.69, 9.17) is 11.6 Å². The molecule has 0 aliphatic carbocycles. The number of hydrogen-bond donors (Lipinski definition) is 0. The average molecular weight is 354 g/mol. The quantitative estimate of drug-likeness (QED) is 0.725. The lowest BCUT2D eigenvalue weighted by Crippen LogP contribution is -2.19. The molecule has 102 valence electrons. The number of rotatable bonds is 6. The van der Waals surface area contributed by atoms with Gasteiger partial charge in [0.1, 0.15) is 0 Å². The van der Waals surface area contributed by atoms with Crippen LogP contribution in [-0.2, 0) is 9.84 Å². The Morgan fingerprint density at radius 1 is 1.28 bits per heavy atom. The van der Waals surface area contributed by atoms with E-state index in [1.807, 2.05) is 24.3 Å². The molecule has 0 heterocycles. The van der Waals surface area contributed by atoms with Crippen LogP contribution >= 0.6 is 27.5 Å². The Kier molecular flexibility index (Phi) is 6.15. The maximum absolute atomic E-state index is 11.8. The lowest BCUT2D eigenvalue weighted by Gasteiger charge is -2.17. The molecule has 0 amide bonds. The SMILES string of the molecule is CC(C)S(=O)(=O)CCC(CCl)c1ccccc1Br. The summed E-state index contributed by atoms with van der Waals surface area (Å²) in [5, 5.41) is -0.326. The van der Waals surface area contributed by atoms with Gasteiger partial charge in [0.2, 0.25) is 0 Å². The molecule has 0 saturated carbocycles. The maximum atomic E-state index is 11.8. The molecule has 18 heavy (non-hydrogen) atoms. The van der Waals surface area contributed by atoms with Crippen molar-refractivity contribution in [1.29, 1.82) is 0 Å². The standard InChI is InChI=1S/C13H18BrClO2S/c1-10(2)18(16,17)8-7-11(9-15)12-5-3-4-6-13(12)14/h3-6,10-11H,7-9H2,1-2H3. The highest BCUT2D eigenvalue weighted by molar-refractivity contribution is 9.10. The van der Waals surface area contributed by atoms with E-state index < -0.39 is 9.84 Å². The van der Waals surface area contributed by atoms with Gasteiger partial charge in [-0.1, -0.05) is 34.1 Å². The number of alkyl halides is 1. The molecule has 1 aromatic rings. The lowest BCUT2D eigenvalue weighted by molar-refractivity contribution is 0.580. The minimum Gasteiger partial charge on any atom is -0.229 e. The van der Waals surface area contributed by atoms with Gasteiger partial charge in [0, 0.05) is 10.4 Å². The molecule has 0 bridgehead atoms. The average Bonchev–Trinajstić information content (AvgIpc) is 2.31. The van der Waals surface area contributed by atoms with Crippen LogP contribution in [0.25, 0.3) is 0 Å². The van der Waals surface area contributed by atoms with E-state index in [0.717, 1.165) is 10.0 Å². The number of hydrogen-bond acceptors (Lipinski definition) is 2. The highest BCUT2D eigenvalue weighted by Gasteiger charge is 2.20. The van der Waals surface area contributed by atoms with E-state index in [1.165, 1.54) is 0 Å². The molecular weight excluding hydrogens is 336 g/mol. The van der Waals surface area contributed by atoms with Crippen molar-refractivity contribution in [2.45, 2.75) is 31.4 Å². The first kappa shape index (κ1) is 16.0. The highest BCUT2D eigenvalue weighted by Crippen LogP contribution is 2.29. The molecule has 0 aliphatic rings. The summed E-state index contributed by atoms with van der Waals surface area (Å²) < 4.78 is 24.6. The predicted octanol–water partition coefficient (Wildman–Crippen LogP) is 3.98. The van der Waals surface area contributed by atoms with Gasteiger partial charge in [0.25, 0.3) is 0 Å². The van der Waals surface area contributed by atoms with E-state index in [0.29, 0.717) is 12.3 Å². The smallest absolute Gasteiger partial charge is 0.152 e. The number of sulfone groups is 1. The third kappa shape index (κ3) is 4.25. The minimum absolute atomic E-state index is 0.0655. The van der Waals surface area contributed by atoms with Gasteiger partial charge in [0.05, 0.1) is 11.0 Å². The molecule has 0 spiro atoms. The Bertz CT molecular complexity index is 486. The van der Waals surface area contributed by atoms with Crippen LogP contribution in [0.1, 0.15) is 31.7 Å². The Balaban J connectivity index is 2.79. The molecule has 0 fully saturated rings. The molecule has 0 aliphatic heterocycles. The van der Waals surface area contributed by atoms with Crippen LogP contribution in [0, 0.1) is 0 Å². The van der Waals surface area contributed by atoms with E-state index in [-0.39, 0.29) is 16.9 Å². The van der Waals surface area contributed by atoms with Crippen LogP contribution in [-0.4, -0.2) is 25.3 Å². The monoisotopic (exact) mass is 352 g/mol. The first-order chi connectivity index (χ1) is 8.38. The van der Waals surface area contributed by atoms with E-state index in [9.17, 15) is 8.42 Å². The largest absolute Gasteiger partial charge is 0.229 e. The van der Waals surface area contributed by atoms with Gasteiger partial charge < -0.3 is 0 Å². The fraction of sp³-hybridized carbons (Fsp3) is 0.538. The molecule has 1 unspecified atom stereocenters. The second-order valence-corrected chi connectivity index (χ2v) is 8.42. The van der Waals surface area contributed by atoms with Gasteiger partial charge in [0.15, 0.2) is 9.84 Å². The number of halogens is 2. The predicted molar refractivity (Wildman–Crippen MR) is 81.1 cm³/mol. The normalized spacial score (nSPS) is 13.8. The molecule has 1 rings (SSSR count). The fourth-order valence-corrected chi connectivity index (χ4v) is 3.68. The zero-order valence-corrected chi connectivity index (χ0v) is 13.7. The van der Waals surface area contributed by atoms with Crippen LogP contribution in [0.5, 0.6) is 0 Å². The van der Waals surface area contributed by atoms with Gasteiger partial charge in [-0.25, -0.2) is 8.42 Å². The van der Waals surface area contributed by atoms with Crippen molar-refractivity contribution in [2.24, 2.45) is 0 Å². The Labute approximate surface area is 123 Å². The molecule has 5 heteroatoms. The zero-order valence-electron chi connectivity index (χ0n) is 10.6. The summed E-state index contributed by atoms with van der Waals surface area (Å²) in [5.41, 5.74) is 1.08. The first-order valence-corrected chi connectivity index (χ1v) is 8.94. The summed E-state index contributed by atoms with van der Waals surface area (Å²) in [5.74, 6) is 0.676. The van der Waals surface area contributed by atoms with Crippen molar-refractivity contribution in [1.82, 2.24) is 0 Å². The molecule has 0 radical (unpaired) electrons. The molecule has 1 atom stereocenters. The maximum Gasteiger partial charge on any atom is 0.152 e. The minimum atomic E-state index is -3.00. The molecule has 0 aromatic heterocycles. The van der Waals surface area contributed by atoms with Crippen molar-refractivity contribution in [3.8, 4) is 0 Å². The van der Waals surface area contributed by atoms with Crippen molar-refractivity contribution < 1.29 is 8.42 Å². The summed E-state index contributed by atoms with van der Waals surface area (Å²) in [6, 6.07) is 7.81. The summed E-state index contributed by atoms with van der Waals surface area (Å²) in [6.45, 7) is 3.42. The van der Waals surface area contributed by atoms with Crippen molar-refractivity contribution in [3.05, 3.63) is 34.3 Å². The van der Waals surface area contributed by atoms with E-state index in [1.54, 1.807) is 13.8 Å². The fourth-order valence-electron chi connectivity index (χ4n) is 1.66. The molecular formula is C13H18BrClO2S. The van der Waals surface area contributed by atoms with Crippen molar-refractivity contribution in [2.75, 3.05) is 11.6 Å². The summed E-state index contributed by atoms with van der Waals surface area (Å²) in [6.07, 6.45) is 0.562. The van der Waals surface area contributed by atoms with Crippen LogP contribution < -0.4 is 0 Å². The zero-order chi connectivity index (χ0) is 13.8. The van der Waals surface area contributed by atoms with E-state index in [2.05, 4.69) is 15.9 Å². The van der Waals surface area contributed by atoms with Gasteiger partial charge >= 0.3 is 0 Å². The lowest BCUT2D eigenvalue weighted by atomic mass is 9.99. The summed E-state index contributed by atoms with van der Waals surface area (Å²) in [7, 11) is -3.00. The van der Waals surface area contributed by atoms with Crippen LogP contribution in [0.15, 0.2) is 28.7 Å². The highest BCUT2D eigenvalue weighted by atomic mass is 79.9. The second-order valence-electron chi connectivity index (χ2n) is 4.58. The van der Waals surface area contributed by atoms with Crippen LogP contribution in [0.2, 0.25) is 0 Å². The molecule has 2 nitrogen and oxygen atoms in total. The Morgan fingerprint density at radius 2 is 1.89 bits per heavy atom. The molecule has 1 aromatic carbocycles. The number of benzene rings is 1. The van der Waals surface area contributed by atoms with Gasteiger partial charge in [-0.05, 0) is 37.8 Å².